The van der Waals surface area contributed by atoms with Crippen LogP contribution in [0.2, 0.25) is 0 Å². The van der Waals surface area contributed by atoms with E-state index in [2.05, 4.69) is 96.9 Å². The molecule has 5 atom stereocenters. The van der Waals surface area contributed by atoms with Crippen LogP contribution < -0.4 is 5.73 Å². The smallest absolute Gasteiger partial charge is 0.108 e. The quantitative estimate of drug-likeness (QED) is 0.131. The molecule has 0 fully saturated rings. The fraction of sp³-hybridized carbons (Fsp3) is 0.350. The fourth-order valence-electron chi connectivity index (χ4n) is 6.74. The molecule has 2 N–H and O–H groups in total. The summed E-state index contributed by atoms with van der Waals surface area (Å²) in [6.45, 7) is 10.6. The molecule has 0 saturated carbocycles. The SMILES string of the molecule is CC(C)[C@H](N)c1cn([C@@H](Cc2ccccc2)c2cn([C@@H](Cc3ccccc3)c3cn([C@H](c4cn([C@H](C)c5ccccc5)nn4)C(C)C)nn3)nn2)nn1. The second-order valence-corrected chi connectivity index (χ2v) is 14.5. The van der Waals surface area contributed by atoms with Gasteiger partial charge in [0.15, 0.2) is 0 Å². The first-order chi connectivity index (χ1) is 25.7. The maximum absolute atomic E-state index is 6.47. The van der Waals surface area contributed by atoms with Crippen LogP contribution in [-0.2, 0) is 12.8 Å². The fourth-order valence-corrected chi connectivity index (χ4v) is 6.74. The number of nitrogens with zero attached hydrogens (tertiary/aromatic N) is 12. The molecular weight excluding hydrogens is 663 g/mol. The van der Waals surface area contributed by atoms with Crippen LogP contribution in [0.4, 0.5) is 0 Å². The van der Waals surface area contributed by atoms with Crippen molar-refractivity contribution >= 4 is 0 Å². The van der Waals surface area contributed by atoms with Crippen molar-refractivity contribution in [1.82, 2.24) is 60.0 Å². The Balaban J connectivity index is 1.22. The van der Waals surface area contributed by atoms with Crippen LogP contribution >= 0.6 is 0 Å². The van der Waals surface area contributed by atoms with E-state index in [0.29, 0.717) is 12.8 Å². The summed E-state index contributed by atoms with van der Waals surface area (Å²) in [6, 6.07) is 30.1. The van der Waals surface area contributed by atoms with Gasteiger partial charge in [-0.05, 0) is 35.4 Å². The van der Waals surface area contributed by atoms with Gasteiger partial charge in [0.2, 0.25) is 0 Å². The lowest BCUT2D eigenvalue weighted by Crippen LogP contribution is -2.18. The summed E-state index contributed by atoms with van der Waals surface area (Å²) in [4.78, 5) is 0. The molecule has 3 aromatic carbocycles. The Hall–Kier alpha value is -5.82. The van der Waals surface area contributed by atoms with Gasteiger partial charge in [0.1, 0.15) is 35.2 Å². The van der Waals surface area contributed by atoms with Crippen molar-refractivity contribution in [3.8, 4) is 0 Å². The van der Waals surface area contributed by atoms with E-state index in [1.54, 1.807) is 0 Å². The average molecular weight is 710 g/mol. The monoisotopic (exact) mass is 709 g/mol. The standard InChI is InChI=1S/C40H47N13/c1-27(2)39(41)35-25-52(48-44-35)37(21-30-15-9-6-10-16-30)33-23-51(47-42-33)38(22-31-17-11-7-12-18-31)34-24-53(49-43-34)40(28(3)4)36-26-50(46-45-36)29(5)32-19-13-8-14-20-32/h6-20,23-29,37-40H,21-22,41H2,1-5H3/t29-,37+,38+,39+,40+/m1/s1. The Kier molecular flexibility index (Phi) is 10.6. The highest BCUT2D eigenvalue weighted by Crippen LogP contribution is 2.30. The van der Waals surface area contributed by atoms with Gasteiger partial charge in [0.05, 0.1) is 42.6 Å². The summed E-state index contributed by atoms with van der Waals surface area (Å²) in [6.07, 6.45) is 9.26. The van der Waals surface area contributed by atoms with Crippen LogP contribution in [0.25, 0.3) is 0 Å². The van der Waals surface area contributed by atoms with Crippen LogP contribution in [0.1, 0.15) is 104 Å². The minimum absolute atomic E-state index is 0.0371. The molecule has 13 heteroatoms. The summed E-state index contributed by atoms with van der Waals surface area (Å²) < 4.78 is 7.58. The van der Waals surface area contributed by atoms with Crippen molar-refractivity contribution in [3.63, 3.8) is 0 Å². The summed E-state index contributed by atoms with van der Waals surface area (Å²) in [5.74, 6) is 0.392. The van der Waals surface area contributed by atoms with Gasteiger partial charge in [-0.25, -0.2) is 18.7 Å². The van der Waals surface area contributed by atoms with Crippen LogP contribution in [0.5, 0.6) is 0 Å². The molecule has 4 aromatic heterocycles. The molecule has 13 nitrogen and oxygen atoms in total. The molecule has 0 radical (unpaired) electrons. The molecule has 4 heterocycles. The normalized spacial score (nSPS) is 14.7. The van der Waals surface area contributed by atoms with E-state index >= 15 is 0 Å². The number of aromatic nitrogens is 12. The van der Waals surface area contributed by atoms with E-state index in [4.69, 9.17) is 21.1 Å². The van der Waals surface area contributed by atoms with E-state index < -0.39 is 0 Å². The first-order valence-corrected chi connectivity index (χ1v) is 18.3. The van der Waals surface area contributed by atoms with Crippen LogP contribution in [0.15, 0.2) is 116 Å². The lowest BCUT2D eigenvalue weighted by Gasteiger charge is -2.19. The molecule has 7 rings (SSSR count). The van der Waals surface area contributed by atoms with Crippen LogP contribution in [0.3, 0.4) is 0 Å². The maximum atomic E-state index is 6.47. The van der Waals surface area contributed by atoms with E-state index in [1.165, 1.54) is 5.56 Å². The van der Waals surface area contributed by atoms with Crippen molar-refractivity contribution in [2.75, 3.05) is 0 Å². The first kappa shape index (κ1) is 35.6. The second-order valence-electron chi connectivity index (χ2n) is 14.5. The predicted octanol–water partition coefficient (Wildman–Crippen LogP) is 6.23. The van der Waals surface area contributed by atoms with Gasteiger partial charge in [-0.1, -0.05) is 140 Å². The Labute approximate surface area is 309 Å². The third-order valence-corrected chi connectivity index (χ3v) is 9.94. The highest BCUT2D eigenvalue weighted by atomic mass is 15.5. The third-order valence-electron chi connectivity index (χ3n) is 9.94. The molecule has 53 heavy (non-hydrogen) atoms. The van der Waals surface area contributed by atoms with Crippen molar-refractivity contribution in [2.45, 2.75) is 77.7 Å². The molecule has 0 saturated heterocycles. The van der Waals surface area contributed by atoms with Gasteiger partial charge in [-0.15, -0.1) is 20.4 Å². The number of benzene rings is 3. The molecule has 0 aliphatic rings. The number of hydrogen-bond donors (Lipinski definition) is 1. The zero-order valence-electron chi connectivity index (χ0n) is 30.9. The van der Waals surface area contributed by atoms with Gasteiger partial charge in [-0.3, -0.25) is 0 Å². The summed E-state index contributed by atoms with van der Waals surface area (Å²) in [7, 11) is 0. The van der Waals surface area contributed by atoms with E-state index in [1.807, 2.05) is 98.1 Å². The lowest BCUT2D eigenvalue weighted by molar-refractivity contribution is 0.386. The Morgan fingerprint density at radius 2 is 0.887 bits per heavy atom. The lowest BCUT2D eigenvalue weighted by atomic mass is 10.0. The minimum atomic E-state index is -0.285. The molecule has 0 unspecified atom stereocenters. The third kappa shape index (κ3) is 8.00. The molecule has 0 amide bonds. The zero-order chi connectivity index (χ0) is 36.9. The van der Waals surface area contributed by atoms with Crippen LogP contribution in [-0.4, -0.2) is 60.0 Å². The van der Waals surface area contributed by atoms with Crippen molar-refractivity contribution < 1.29 is 0 Å². The minimum Gasteiger partial charge on any atom is -0.322 e. The summed E-state index contributed by atoms with van der Waals surface area (Å²) in [5, 5.41) is 37.1. The Morgan fingerprint density at radius 1 is 0.472 bits per heavy atom. The topological polar surface area (TPSA) is 149 Å². The largest absolute Gasteiger partial charge is 0.322 e. The number of hydrogen-bond acceptors (Lipinski definition) is 9. The van der Waals surface area contributed by atoms with E-state index in [9.17, 15) is 0 Å². The molecule has 0 aliphatic carbocycles. The number of nitrogens with two attached hydrogens (primary N) is 1. The van der Waals surface area contributed by atoms with E-state index in [0.717, 1.165) is 33.9 Å². The molecular formula is C40H47N13. The molecule has 0 aliphatic heterocycles. The highest BCUT2D eigenvalue weighted by Gasteiger charge is 2.29. The van der Waals surface area contributed by atoms with Gasteiger partial charge in [0, 0.05) is 12.8 Å². The van der Waals surface area contributed by atoms with Crippen LogP contribution in [0, 0.1) is 11.8 Å². The predicted molar refractivity (Wildman–Crippen MR) is 202 cm³/mol. The van der Waals surface area contributed by atoms with Gasteiger partial charge in [-0.2, -0.15) is 0 Å². The van der Waals surface area contributed by atoms with Gasteiger partial charge < -0.3 is 5.73 Å². The molecule has 7 aromatic rings. The second kappa shape index (κ2) is 15.8. The Bertz CT molecular complexity index is 2170. The Morgan fingerprint density at radius 3 is 1.42 bits per heavy atom. The molecule has 0 spiro atoms. The maximum Gasteiger partial charge on any atom is 0.108 e. The molecule has 272 valence electrons. The average Bonchev–Trinajstić information content (AvgIpc) is 4.02. The zero-order valence-corrected chi connectivity index (χ0v) is 30.9. The van der Waals surface area contributed by atoms with Gasteiger partial charge in [0.25, 0.3) is 0 Å². The number of rotatable bonds is 15. The molecule has 0 bridgehead atoms. The highest BCUT2D eigenvalue weighted by molar-refractivity contribution is 5.23. The summed E-state index contributed by atoms with van der Waals surface area (Å²) >= 11 is 0. The van der Waals surface area contributed by atoms with Crippen molar-refractivity contribution in [2.24, 2.45) is 17.6 Å². The van der Waals surface area contributed by atoms with Crippen molar-refractivity contribution in [1.29, 1.82) is 0 Å². The van der Waals surface area contributed by atoms with E-state index in [-0.39, 0.29) is 42.0 Å². The summed E-state index contributed by atoms with van der Waals surface area (Å²) in [5.41, 5.74) is 13.0. The first-order valence-electron chi connectivity index (χ1n) is 18.3. The van der Waals surface area contributed by atoms with Gasteiger partial charge >= 0.3 is 0 Å². The van der Waals surface area contributed by atoms with Crippen molar-refractivity contribution in [3.05, 3.63) is 155 Å².